The summed E-state index contributed by atoms with van der Waals surface area (Å²) in [4.78, 5) is 13.9. The van der Waals surface area contributed by atoms with Gasteiger partial charge in [0.25, 0.3) is 0 Å². The summed E-state index contributed by atoms with van der Waals surface area (Å²) in [5.41, 5.74) is -0.329. The maximum Gasteiger partial charge on any atom is 0.331 e. The lowest BCUT2D eigenvalue weighted by Crippen LogP contribution is -1.96. The first-order valence-electron chi connectivity index (χ1n) is 4.91. The van der Waals surface area contributed by atoms with Crippen molar-refractivity contribution in [1.29, 1.82) is 0 Å². The number of ether oxygens (including phenoxy) is 1. The third-order valence-electron chi connectivity index (χ3n) is 2.11. The Labute approximate surface area is 120 Å². The van der Waals surface area contributed by atoms with Crippen LogP contribution < -0.4 is 4.74 Å². The van der Waals surface area contributed by atoms with Crippen molar-refractivity contribution in [3.63, 3.8) is 0 Å². The Kier molecular flexibility index (Phi) is 3.96. The topological polar surface area (TPSA) is 65.3 Å². The van der Waals surface area contributed by atoms with Crippen LogP contribution in [0.2, 0.25) is 5.15 Å². The maximum absolute atomic E-state index is 13.1. The van der Waals surface area contributed by atoms with E-state index in [1.807, 2.05) is 0 Å². The highest BCUT2D eigenvalue weighted by Gasteiger charge is 2.18. The first-order valence-corrected chi connectivity index (χ1v) is 6.08. The predicted molar refractivity (Wildman–Crippen MR) is 70.1 cm³/mol. The van der Waals surface area contributed by atoms with Crippen molar-refractivity contribution in [2.24, 2.45) is 0 Å². The van der Waals surface area contributed by atoms with Gasteiger partial charge >= 0.3 is 11.6 Å². The van der Waals surface area contributed by atoms with E-state index in [1.165, 1.54) is 24.3 Å². The Balaban J connectivity index is 2.39. The Morgan fingerprint density at radius 2 is 2.11 bits per heavy atom. The van der Waals surface area contributed by atoms with Gasteiger partial charge in [-0.15, -0.1) is 0 Å². The Morgan fingerprint density at radius 3 is 2.74 bits per heavy atom. The Bertz CT molecular complexity index is 654. The van der Waals surface area contributed by atoms with Crippen molar-refractivity contribution in [2.75, 3.05) is 0 Å². The normalized spacial score (nSPS) is 10.3. The summed E-state index contributed by atoms with van der Waals surface area (Å²) in [5.74, 6) is -0.525. The number of rotatable bonds is 3. The zero-order chi connectivity index (χ0) is 14.0. The van der Waals surface area contributed by atoms with Crippen LogP contribution in [-0.4, -0.2) is 9.91 Å². The number of benzene rings is 1. The van der Waals surface area contributed by atoms with Crippen molar-refractivity contribution >= 4 is 33.2 Å². The van der Waals surface area contributed by atoms with Crippen LogP contribution in [0.25, 0.3) is 0 Å². The van der Waals surface area contributed by atoms with Crippen LogP contribution in [0, 0.1) is 15.9 Å². The van der Waals surface area contributed by atoms with E-state index in [0.717, 1.165) is 6.07 Å². The van der Waals surface area contributed by atoms with Gasteiger partial charge in [-0.3, -0.25) is 10.1 Å². The Morgan fingerprint density at radius 1 is 1.37 bits per heavy atom. The van der Waals surface area contributed by atoms with Crippen LogP contribution in [-0.2, 0) is 0 Å². The molecule has 0 aliphatic rings. The van der Waals surface area contributed by atoms with Crippen molar-refractivity contribution < 1.29 is 14.1 Å². The summed E-state index contributed by atoms with van der Waals surface area (Å²) in [6, 6.07) is 6.29. The fourth-order valence-corrected chi connectivity index (χ4v) is 1.77. The van der Waals surface area contributed by atoms with Crippen molar-refractivity contribution in [3.05, 3.63) is 55.9 Å². The number of pyridine rings is 1. The molecule has 0 N–H and O–H groups in total. The zero-order valence-corrected chi connectivity index (χ0v) is 11.5. The summed E-state index contributed by atoms with van der Waals surface area (Å²) in [6.07, 6.45) is 0. The first-order chi connectivity index (χ1) is 8.97. The molecule has 0 aliphatic heterocycles. The number of nitrogens with zero attached hydrogens (tertiary/aromatic N) is 2. The molecule has 0 amide bonds. The van der Waals surface area contributed by atoms with Crippen molar-refractivity contribution in [2.45, 2.75) is 0 Å². The number of nitro groups is 1. The lowest BCUT2D eigenvalue weighted by molar-refractivity contribution is -0.386. The molecule has 0 atom stereocenters. The lowest BCUT2D eigenvalue weighted by Gasteiger charge is -2.06. The highest BCUT2D eigenvalue weighted by Crippen LogP contribution is 2.32. The number of hydrogen-bond acceptors (Lipinski definition) is 4. The van der Waals surface area contributed by atoms with E-state index in [2.05, 4.69) is 20.9 Å². The van der Waals surface area contributed by atoms with E-state index < -0.39 is 10.7 Å². The molecule has 5 nitrogen and oxygen atoms in total. The molecule has 98 valence electrons. The minimum Gasteiger partial charge on any atom is -0.434 e. The molecule has 0 bridgehead atoms. The van der Waals surface area contributed by atoms with E-state index in [9.17, 15) is 14.5 Å². The van der Waals surface area contributed by atoms with Gasteiger partial charge in [0.15, 0.2) is 0 Å². The molecule has 1 heterocycles. The smallest absolute Gasteiger partial charge is 0.331 e. The molecule has 1 aromatic heterocycles. The van der Waals surface area contributed by atoms with Gasteiger partial charge in [0.05, 0.1) is 9.40 Å². The van der Waals surface area contributed by atoms with Crippen LogP contribution in [0.15, 0.2) is 34.8 Å². The second-order valence-electron chi connectivity index (χ2n) is 3.39. The molecular weight excluding hydrogens is 342 g/mol. The summed E-state index contributed by atoms with van der Waals surface area (Å²) in [5, 5.41) is 10.9. The van der Waals surface area contributed by atoms with Crippen molar-refractivity contribution in [1.82, 2.24) is 4.98 Å². The van der Waals surface area contributed by atoms with E-state index in [0.29, 0.717) is 0 Å². The van der Waals surface area contributed by atoms with Gasteiger partial charge in [-0.05, 0) is 40.2 Å². The molecule has 2 aromatic rings. The molecule has 19 heavy (non-hydrogen) atoms. The number of aromatic nitrogens is 1. The van der Waals surface area contributed by atoms with Crippen LogP contribution in [0.4, 0.5) is 10.1 Å². The van der Waals surface area contributed by atoms with Gasteiger partial charge in [0.2, 0.25) is 0 Å². The average molecular weight is 348 g/mol. The molecule has 0 aliphatic carbocycles. The summed E-state index contributed by atoms with van der Waals surface area (Å²) in [6.45, 7) is 0. The molecule has 0 fully saturated rings. The van der Waals surface area contributed by atoms with Gasteiger partial charge in [0, 0.05) is 6.07 Å². The third kappa shape index (κ3) is 3.18. The minimum atomic E-state index is -0.642. The van der Waals surface area contributed by atoms with Crippen molar-refractivity contribution in [3.8, 4) is 11.6 Å². The second-order valence-corrected chi connectivity index (χ2v) is 4.63. The fourth-order valence-electron chi connectivity index (χ4n) is 1.28. The zero-order valence-electron chi connectivity index (χ0n) is 9.14. The van der Waals surface area contributed by atoms with Crippen LogP contribution in [0.5, 0.6) is 11.6 Å². The lowest BCUT2D eigenvalue weighted by atomic mass is 10.3. The highest BCUT2D eigenvalue weighted by molar-refractivity contribution is 9.10. The van der Waals surface area contributed by atoms with Gasteiger partial charge < -0.3 is 4.74 Å². The van der Waals surface area contributed by atoms with E-state index in [-0.39, 0.29) is 26.9 Å². The molecular formula is C11H5BrClFN2O3. The molecule has 0 saturated carbocycles. The molecule has 0 unspecified atom stereocenters. The van der Waals surface area contributed by atoms with Crippen LogP contribution in [0.1, 0.15) is 0 Å². The second kappa shape index (κ2) is 5.50. The van der Waals surface area contributed by atoms with E-state index in [4.69, 9.17) is 16.3 Å². The minimum absolute atomic E-state index is 0.0572. The molecule has 0 radical (unpaired) electrons. The standard InChI is InChI=1S/C11H5BrClFN2O3/c12-7-5-6(1-2-8(7)14)19-11-9(16(17)18)3-4-10(13)15-11/h1-5H. The van der Waals surface area contributed by atoms with Crippen LogP contribution in [0.3, 0.4) is 0 Å². The molecule has 1 aromatic carbocycles. The third-order valence-corrected chi connectivity index (χ3v) is 2.93. The molecule has 2 rings (SSSR count). The first kappa shape index (κ1) is 13.7. The summed E-state index contributed by atoms with van der Waals surface area (Å²) in [7, 11) is 0. The Hall–Kier alpha value is -1.73. The average Bonchev–Trinajstić information content (AvgIpc) is 2.33. The van der Waals surface area contributed by atoms with Crippen LogP contribution >= 0.6 is 27.5 Å². The van der Waals surface area contributed by atoms with Gasteiger partial charge in [0.1, 0.15) is 16.7 Å². The van der Waals surface area contributed by atoms with Gasteiger partial charge in [-0.25, -0.2) is 4.39 Å². The van der Waals surface area contributed by atoms with E-state index >= 15 is 0 Å². The predicted octanol–water partition coefficient (Wildman–Crippen LogP) is 4.34. The van der Waals surface area contributed by atoms with Gasteiger partial charge in [-0.2, -0.15) is 4.98 Å². The highest BCUT2D eigenvalue weighted by atomic mass is 79.9. The fraction of sp³-hybridized carbons (Fsp3) is 0. The van der Waals surface area contributed by atoms with Gasteiger partial charge in [-0.1, -0.05) is 11.6 Å². The van der Waals surface area contributed by atoms with E-state index in [1.54, 1.807) is 0 Å². The largest absolute Gasteiger partial charge is 0.434 e. The quantitative estimate of drug-likeness (QED) is 0.471. The monoisotopic (exact) mass is 346 g/mol. The summed E-state index contributed by atoms with van der Waals surface area (Å²) >= 11 is 8.65. The number of halogens is 3. The maximum atomic E-state index is 13.1. The SMILES string of the molecule is O=[N+]([O-])c1ccc(Cl)nc1Oc1ccc(F)c(Br)c1. The molecule has 0 spiro atoms. The molecule has 0 saturated heterocycles. The summed E-state index contributed by atoms with van der Waals surface area (Å²) < 4.78 is 18.5. The molecule has 8 heteroatoms. The number of hydrogen-bond donors (Lipinski definition) is 0.